The van der Waals surface area contributed by atoms with Crippen LogP contribution in [-0.4, -0.2) is 44.4 Å². The van der Waals surface area contributed by atoms with Crippen molar-refractivity contribution in [2.24, 2.45) is 0 Å². The number of phenols is 2. The zero-order valence-corrected chi connectivity index (χ0v) is 16.3. The molecule has 0 aliphatic heterocycles. The van der Waals surface area contributed by atoms with Gasteiger partial charge < -0.3 is 19.7 Å². The van der Waals surface area contributed by atoms with E-state index in [0.717, 1.165) is 0 Å². The molecule has 0 radical (unpaired) electrons. The van der Waals surface area contributed by atoms with Gasteiger partial charge in [-0.25, -0.2) is 15.0 Å². The summed E-state index contributed by atoms with van der Waals surface area (Å²) in [6.45, 7) is 0. The summed E-state index contributed by atoms with van der Waals surface area (Å²) in [6.07, 6.45) is 1.63. The van der Waals surface area contributed by atoms with E-state index >= 15 is 0 Å². The third-order valence-electron chi connectivity index (χ3n) is 4.42. The van der Waals surface area contributed by atoms with Crippen molar-refractivity contribution in [1.82, 2.24) is 19.9 Å². The molecule has 0 amide bonds. The van der Waals surface area contributed by atoms with Gasteiger partial charge in [0, 0.05) is 12.3 Å². The van der Waals surface area contributed by atoms with Crippen molar-refractivity contribution < 1.29 is 19.7 Å². The quantitative estimate of drug-likeness (QED) is 0.520. The lowest BCUT2D eigenvalue weighted by Gasteiger charge is -2.11. The minimum atomic E-state index is -0.0478. The average Bonchev–Trinajstić information content (AvgIpc) is 2.79. The summed E-state index contributed by atoms with van der Waals surface area (Å²) >= 11 is 0. The van der Waals surface area contributed by atoms with Crippen LogP contribution in [0.1, 0.15) is 0 Å². The number of rotatable bonds is 5. The Bertz CT molecular complexity index is 1200. The molecule has 0 saturated heterocycles. The molecule has 0 bridgehead atoms. The van der Waals surface area contributed by atoms with E-state index in [1.807, 2.05) is 6.07 Å². The van der Waals surface area contributed by atoms with Crippen molar-refractivity contribution in [3.63, 3.8) is 0 Å². The van der Waals surface area contributed by atoms with Gasteiger partial charge in [0.1, 0.15) is 28.7 Å². The van der Waals surface area contributed by atoms with E-state index in [1.165, 1.54) is 26.4 Å². The first-order chi connectivity index (χ1) is 14.6. The molecule has 2 N–H and O–H groups in total. The molecule has 2 aromatic carbocycles. The Morgan fingerprint density at radius 1 is 0.667 bits per heavy atom. The highest BCUT2D eigenvalue weighted by molar-refractivity contribution is 5.72. The third kappa shape index (κ3) is 3.70. The lowest BCUT2D eigenvalue weighted by molar-refractivity contribution is 0.408. The zero-order valence-electron chi connectivity index (χ0n) is 16.3. The van der Waals surface area contributed by atoms with Gasteiger partial charge in [0.15, 0.2) is 17.5 Å². The molecule has 2 heterocycles. The van der Waals surface area contributed by atoms with Crippen molar-refractivity contribution in [2.45, 2.75) is 0 Å². The van der Waals surface area contributed by atoms with E-state index in [0.29, 0.717) is 34.1 Å². The predicted molar refractivity (Wildman–Crippen MR) is 110 cm³/mol. The highest BCUT2D eigenvalue weighted by Crippen LogP contribution is 2.35. The highest BCUT2D eigenvalue weighted by Gasteiger charge is 2.17. The SMILES string of the molecule is COc1ccc(-c2nc(-c3ccccn3)nc(-c3cc(OC)ccc3O)n2)c(O)c1. The van der Waals surface area contributed by atoms with Gasteiger partial charge in [0.25, 0.3) is 0 Å². The normalized spacial score (nSPS) is 10.6. The molecule has 8 nitrogen and oxygen atoms in total. The maximum absolute atomic E-state index is 10.5. The Hall–Kier alpha value is -4.20. The van der Waals surface area contributed by atoms with Crippen molar-refractivity contribution >= 4 is 0 Å². The molecule has 0 atom stereocenters. The first-order valence-corrected chi connectivity index (χ1v) is 9.01. The fraction of sp³-hybridized carbons (Fsp3) is 0.0909. The lowest BCUT2D eigenvalue weighted by Crippen LogP contribution is -2.01. The van der Waals surface area contributed by atoms with Crippen LogP contribution in [0.5, 0.6) is 23.0 Å². The third-order valence-corrected chi connectivity index (χ3v) is 4.42. The summed E-state index contributed by atoms with van der Waals surface area (Å²) in [5.74, 6) is 1.72. The predicted octanol–water partition coefficient (Wildman–Crippen LogP) is 3.70. The van der Waals surface area contributed by atoms with E-state index in [2.05, 4.69) is 19.9 Å². The second kappa shape index (κ2) is 8.04. The van der Waals surface area contributed by atoms with Crippen LogP contribution in [0.3, 0.4) is 0 Å². The Labute approximate surface area is 172 Å². The fourth-order valence-corrected chi connectivity index (χ4v) is 2.88. The van der Waals surface area contributed by atoms with Gasteiger partial charge in [-0.05, 0) is 42.5 Å². The number of hydrogen-bond acceptors (Lipinski definition) is 8. The van der Waals surface area contributed by atoms with E-state index in [9.17, 15) is 10.2 Å². The lowest BCUT2D eigenvalue weighted by atomic mass is 10.1. The van der Waals surface area contributed by atoms with Crippen molar-refractivity contribution in [1.29, 1.82) is 0 Å². The van der Waals surface area contributed by atoms with Crippen molar-refractivity contribution in [3.05, 3.63) is 60.8 Å². The minimum absolute atomic E-state index is 0.0149. The molecule has 30 heavy (non-hydrogen) atoms. The summed E-state index contributed by atoms with van der Waals surface area (Å²) in [5.41, 5.74) is 1.28. The van der Waals surface area contributed by atoms with Crippen LogP contribution in [0, 0.1) is 0 Å². The van der Waals surface area contributed by atoms with E-state index < -0.39 is 0 Å². The minimum Gasteiger partial charge on any atom is -0.507 e. The van der Waals surface area contributed by atoms with Crippen LogP contribution in [0.2, 0.25) is 0 Å². The second-order valence-electron chi connectivity index (χ2n) is 6.29. The summed E-state index contributed by atoms with van der Waals surface area (Å²) in [4.78, 5) is 17.8. The molecule has 2 aromatic heterocycles. The van der Waals surface area contributed by atoms with Gasteiger partial charge in [0.05, 0.1) is 25.3 Å². The standard InChI is InChI=1S/C22H18N4O4/c1-29-13-7-9-18(27)16(11-13)21-24-20(15-8-6-14(30-2)12-19(15)28)25-22(26-21)17-5-3-4-10-23-17/h3-12,27-28H,1-2H3. The summed E-state index contributed by atoms with van der Waals surface area (Å²) < 4.78 is 10.4. The number of pyridine rings is 1. The van der Waals surface area contributed by atoms with Crippen LogP contribution in [-0.2, 0) is 0 Å². The topological polar surface area (TPSA) is 110 Å². The molecular weight excluding hydrogens is 384 g/mol. The van der Waals surface area contributed by atoms with E-state index in [-0.39, 0.29) is 23.1 Å². The van der Waals surface area contributed by atoms with Crippen LogP contribution >= 0.6 is 0 Å². The van der Waals surface area contributed by atoms with Crippen LogP contribution < -0.4 is 9.47 Å². The van der Waals surface area contributed by atoms with Crippen molar-refractivity contribution in [3.8, 4) is 57.3 Å². The average molecular weight is 402 g/mol. The molecule has 8 heteroatoms. The van der Waals surface area contributed by atoms with E-state index in [4.69, 9.17) is 9.47 Å². The Morgan fingerprint density at radius 3 is 2.00 bits per heavy atom. The maximum Gasteiger partial charge on any atom is 0.182 e. The van der Waals surface area contributed by atoms with Gasteiger partial charge in [-0.15, -0.1) is 0 Å². The molecule has 0 saturated carbocycles. The first kappa shape index (κ1) is 19.1. The number of methoxy groups -OCH3 is 2. The number of aromatic hydroxyl groups is 2. The van der Waals surface area contributed by atoms with Crippen LogP contribution in [0.15, 0.2) is 60.8 Å². The molecule has 4 aromatic rings. The van der Waals surface area contributed by atoms with Crippen LogP contribution in [0.25, 0.3) is 34.3 Å². The highest BCUT2D eigenvalue weighted by atomic mass is 16.5. The van der Waals surface area contributed by atoms with Crippen LogP contribution in [0.4, 0.5) is 0 Å². The Morgan fingerprint density at radius 2 is 1.33 bits per heavy atom. The molecule has 0 aliphatic rings. The maximum atomic E-state index is 10.5. The monoisotopic (exact) mass is 402 g/mol. The number of phenolic OH excluding ortho intramolecular Hbond substituents is 2. The van der Waals surface area contributed by atoms with Gasteiger partial charge in [-0.2, -0.15) is 0 Å². The second-order valence-corrected chi connectivity index (χ2v) is 6.29. The smallest absolute Gasteiger partial charge is 0.182 e. The number of benzene rings is 2. The van der Waals surface area contributed by atoms with Gasteiger partial charge in [-0.3, -0.25) is 4.98 Å². The molecular formula is C22H18N4O4. The summed E-state index contributed by atoms with van der Waals surface area (Å²) in [7, 11) is 3.05. The Kier molecular flexibility index (Phi) is 5.13. The number of nitrogens with zero attached hydrogens (tertiary/aromatic N) is 4. The molecule has 0 aliphatic carbocycles. The van der Waals surface area contributed by atoms with E-state index in [1.54, 1.807) is 42.6 Å². The van der Waals surface area contributed by atoms with Gasteiger partial charge in [0.2, 0.25) is 0 Å². The first-order valence-electron chi connectivity index (χ1n) is 9.01. The number of ether oxygens (including phenoxy) is 2. The largest absolute Gasteiger partial charge is 0.507 e. The number of hydrogen-bond donors (Lipinski definition) is 2. The molecule has 0 fully saturated rings. The van der Waals surface area contributed by atoms with Crippen molar-refractivity contribution in [2.75, 3.05) is 14.2 Å². The Balaban J connectivity index is 1.94. The fourth-order valence-electron chi connectivity index (χ4n) is 2.88. The summed E-state index contributed by atoms with van der Waals surface area (Å²) in [5, 5.41) is 20.9. The zero-order chi connectivity index (χ0) is 21.1. The van der Waals surface area contributed by atoms with Gasteiger partial charge in [-0.1, -0.05) is 6.07 Å². The summed E-state index contributed by atoms with van der Waals surface area (Å²) in [6, 6.07) is 15.0. The molecule has 150 valence electrons. The molecule has 0 unspecified atom stereocenters. The molecule has 4 rings (SSSR count). The number of aromatic nitrogens is 4. The molecule has 0 spiro atoms. The van der Waals surface area contributed by atoms with Gasteiger partial charge >= 0.3 is 0 Å².